The molecule has 1 aromatic rings. The first-order valence-corrected chi connectivity index (χ1v) is 5.02. The molecule has 0 atom stereocenters. The predicted molar refractivity (Wildman–Crippen MR) is 60.2 cm³/mol. The van der Waals surface area contributed by atoms with Crippen molar-refractivity contribution >= 4 is 17.3 Å². The summed E-state index contributed by atoms with van der Waals surface area (Å²) in [6, 6.07) is 5.61. The first-order chi connectivity index (χ1) is 6.77. The highest BCUT2D eigenvalue weighted by molar-refractivity contribution is 6.32. The number of hydrogen-bond donors (Lipinski definition) is 2. The number of hydrogen-bond acceptors (Lipinski definition) is 3. The van der Waals surface area contributed by atoms with Crippen LogP contribution in [0.25, 0.3) is 0 Å². The summed E-state index contributed by atoms with van der Waals surface area (Å²) in [5, 5.41) is 3.76. The van der Waals surface area contributed by atoms with Crippen molar-refractivity contribution in [2.45, 2.75) is 6.92 Å². The van der Waals surface area contributed by atoms with Crippen molar-refractivity contribution in [1.82, 2.24) is 0 Å². The second-order valence-corrected chi connectivity index (χ2v) is 3.20. The number of nitrogens with two attached hydrogens (primary N) is 1. The van der Waals surface area contributed by atoms with Crippen LogP contribution in [0, 0.1) is 0 Å². The number of benzene rings is 1. The maximum Gasteiger partial charge on any atom is 0.138 e. The highest BCUT2D eigenvalue weighted by Gasteiger charge is 2.01. The fraction of sp³-hybridized carbons (Fsp3) is 0.400. The fourth-order valence-corrected chi connectivity index (χ4v) is 1.33. The molecule has 0 aliphatic carbocycles. The van der Waals surface area contributed by atoms with Crippen LogP contribution in [-0.2, 0) is 0 Å². The van der Waals surface area contributed by atoms with Gasteiger partial charge >= 0.3 is 0 Å². The summed E-state index contributed by atoms with van der Waals surface area (Å²) in [6.45, 7) is 3.89. The van der Waals surface area contributed by atoms with E-state index in [-0.39, 0.29) is 0 Å². The van der Waals surface area contributed by atoms with Gasteiger partial charge in [-0.15, -0.1) is 0 Å². The van der Waals surface area contributed by atoms with Gasteiger partial charge in [-0.3, -0.25) is 0 Å². The summed E-state index contributed by atoms with van der Waals surface area (Å²) < 4.78 is 5.31. The van der Waals surface area contributed by atoms with E-state index in [1.807, 2.05) is 25.1 Å². The maximum absolute atomic E-state index is 5.99. The van der Waals surface area contributed by atoms with Crippen molar-refractivity contribution in [3.8, 4) is 5.75 Å². The van der Waals surface area contributed by atoms with Crippen LogP contribution in [-0.4, -0.2) is 19.7 Å². The van der Waals surface area contributed by atoms with Crippen molar-refractivity contribution in [3.63, 3.8) is 0 Å². The molecule has 1 rings (SSSR count). The summed E-state index contributed by atoms with van der Waals surface area (Å²) in [4.78, 5) is 0. The molecule has 0 amide bonds. The zero-order valence-corrected chi connectivity index (χ0v) is 8.97. The molecular formula is C10H15ClN2O. The van der Waals surface area contributed by atoms with E-state index in [1.165, 1.54) is 0 Å². The standard InChI is InChI=1S/C10H15ClN2O/c1-2-14-10-4-3-8(7-9(10)11)13-6-5-12/h3-4,7,13H,2,5-6,12H2,1H3. The minimum absolute atomic E-state index is 0.602. The van der Waals surface area contributed by atoms with Crippen molar-refractivity contribution in [3.05, 3.63) is 23.2 Å². The van der Waals surface area contributed by atoms with Gasteiger partial charge in [0.2, 0.25) is 0 Å². The summed E-state index contributed by atoms with van der Waals surface area (Å²) in [7, 11) is 0. The van der Waals surface area contributed by atoms with E-state index >= 15 is 0 Å². The van der Waals surface area contributed by atoms with Crippen LogP contribution in [0.5, 0.6) is 5.75 Å². The zero-order chi connectivity index (χ0) is 10.4. The number of rotatable bonds is 5. The van der Waals surface area contributed by atoms with E-state index < -0.39 is 0 Å². The molecule has 0 saturated heterocycles. The van der Waals surface area contributed by atoms with Gasteiger partial charge in [-0.25, -0.2) is 0 Å². The Hall–Kier alpha value is -0.930. The second kappa shape index (κ2) is 5.73. The lowest BCUT2D eigenvalue weighted by atomic mass is 10.3. The van der Waals surface area contributed by atoms with E-state index in [9.17, 15) is 0 Å². The van der Waals surface area contributed by atoms with Gasteiger partial charge in [0.05, 0.1) is 11.6 Å². The van der Waals surface area contributed by atoms with Crippen molar-refractivity contribution in [2.75, 3.05) is 25.0 Å². The quantitative estimate of drug-likeness (QED) is 0.789. The summed E-state index contributed by atoms with van der Waals surface area (Å²) in [5.74, 6) is 0.715. The predicted octanol–water partition coefficient (Wildman–Crippen LogP) is 2.11. The number of halogens is 1. The van der Waals surface area contributed by atoms with Crippen molar-refractivity contribution in [1.29, 1.82) is 0 Å². The minimum Gasteiger partial charge on any atom is -0.492 e. The molecular weight excluding hydrogens is 200 g/mol. The third-order valence-corrected chi connectivity index (χ3v) is 2.00. The first kappa shape index (κ1) is 11.1. The average Bonchev–Trinajstić information content (AvgIpc) is 2.19. The Kier molecular flexibility index (Phi) is 4.56. The Morgan fingerprint density at radius 2 is 2.29 bits per heavy atom. The van der Waals surface area contributed by atoms with Crippen LogP contribution in [0.4, 0.5) is 5.69 Å². The van der Waals surface area contributed by atoms with Crippen molar-refractivity contribution in [2.24, 2.45) is 5.73 Å². The summed E-state index contributed by atoms with van der Waals surface area (Å²) >= 11 is 5.99. The monoisotopic (exact) mass is 214 g/mol. The van der Waals surface area contributed by atoms with Crippen molar-refractivity contribution < 1.29 is 4.74 Å². The van der Waals surface area contributed by atoms with Gasteiger partial charge in [-0.1, -0.05) is 11.6 Å². The Labute approximate surface area is 89.2 Å². The molecule has 4 heteroatoms. The molecule has 3 nitrogen and oxygen atoms in total. The summed E-state index contributed by atoms with van der Waals surface area (Å²) in [6.07, 6.45) is 0. The zero-order valence-electron chi connectivity index (χ0n) is 8.22. The first-order valence-electron chi connectivity index (χ1n) is 4.64. The Balaban J connectivity index is 2.68. The number of anilines is 1. The lowest BCUT2D eigenvalue weighted by Gasteiger charge is -2.08. The highest BCUT2D eigenvalue weighted by Crippen LogP contribution is 2.27. The molecule has 0 spiro atoms. The molecule has 0 saturated carbocycles. The topological polar surface area (TPSA) is 47.3 Å². The van der Waals surface area contributed by atoms with E-state index in [1.54, 1.807) is 0 Å². The van der Waals surface area contributed by atoms with Crippen LogP contribution < -0.4 is 15.8 Å². The maximum atomic E-state index is 5.99. The molecule has 0 radical (unpaired) electrons. The third-order valence-electron chi connectivity index (χ3n) is 1.71. The van der Waals surface area contributed by atoms with Gasteiger partial charge in [0, 0.05) is 18.8 Å². The van der Waals surface area contributed by atoms with Crippen LogP contribution in [0.15, 0.2) is 18.2 Å². The molecule has 0 heterocycles. The van der Waals surface area contributed by atoms with Crippen LogP contribution in [0.2, 0.25) is 5.02 Å². The Morgan fingerprint density at radius 3 is 2.86 bits per heavy atom. The van der Waals surface area contributed by atoms with E-state index in [4.69, 9.17) is 22.1 Å². The van der Waals surface area contributed by atoms with Gasteiger partial charge in [-0.2, -0.15) is 0 Å². The van der Waals surface area contributed by atoms with Crippen LogP contribution >= 0.6 is 11.6 Å². The van der Waals surface area contributed by atoms with Gasteiger partial charge in [0.1, 0.15) is 5.75 Å². The second-order valence-electron chi connectivity index (χ2n) is 2.79. The number of ether oxygens (including phenoxy) is 1. The Bertz CT molecular complexity index is 291. The van der Waals surface area contributed by atoms with Gasteiger partial charge < -0.3 is 15.8 Å². The van der Waals surface area contributed by atoms with Gasteiger partial charge in [0.25, 0.3) is 0 Å². The molecule has 0 aromatic heterocycles. The molecule has 1 aromatic carbocycles. The molecule has 14 heavy (non-hydrogen) atoms. The fourth-order valence-electron chi connectivity index (χ4n) is 1.10. The van der Waals surface area contributed by atoms with Gasteiger partial charge in [0.15, 0.2) is 0 Å². The van der Waals surface area contributed by atoms with Gasteiger partial charge in [-0.05, 0) is 25.1 Å². The lowest BCUT2D eigenvalue weighted by molar-refractivity contribution is 0.340. The molecule has 3 N–H and O–H groups in total. The SMILES string of the molecule is CCOc1ccc(NCCN)cc1Cl. The van der Waals surface area contributed by atoms with Crippen LogP contribution in [0.3, 0.4) is 0 Å². The normalized spacial score (nSPS) is 9.93. The third kappa shape index (κ3) is 3.09. The highest BCUT2D eigenvalue weighted by atomic mass is 35.5. The van der Waals surface area contributed by atoms with E-state index in [0.29, 0.717) is 23.9 Å². The molecule has 0 fully saturated rings. The largest absolute Gasteiger partial charge is 0.492 e. The summed E-state index contributed by atoms with van der Waals surface area (Å²) in [5.41, 5.74) is 6.33. The number of nitrogens with one attached hydrogen (secondary N) is 1. The Morgan fingerprint density at radius 1 is 1.50 bits per heavy atom. The molecule has 0 aliphatic rings. The molecule has 0 unspecified atom stereocenters. The van der Waals surface area contributed by atoms with E-state index in [0.717, 1.165) is 12.2 Å². The molecule has 0 aliphatic heterocycles. The molecule has 78 valence electrons. The molecule has 0 bridgehead atoms. The van der Waals surface area contributed by atoms with E-state index in [2.05, 4.69) is 5.32 Å². The lowest BCUT2D eigenvalue weighted by Crippen LogP contribution is -2.12. The average molecular weight is 215 g/mol. The minimum atomic E-state index is 0.602. The smallest absolute Gasteiger partial charge is 0.138 e. The van der Waals surface area contributed by atoms with Crippen LogP contribution in [0.1, 0.15) is 6.92 Å².